The van der Waals surface area contributed by atoms with Crippen LogP contribution in [-0.4, -0.2) is 49.3 Å². The van der Waals surface area contributed by atoms with Crippen molar-refractivity contribution >= 4 is 12.0 Å². The molecule has 0 aromatic rings. The first kappa shape index (κ1) is 17.6. The lowest BCUT2D eigenvalue weighted by Crippen LogP contribution is -2.46. The van der Waals surface area contributed by atoms with Gasteiger partial charge in [-0.2, -0.15) is 0 Å². The van der Waals surface area contributed by atoms with E-state index in [9.17, 15) is 18.4 Å². The van der Waals surface area contributed by atoms with Crippen LogP contribution in [0.1, 0.15) is 20.3 Å². The van der Waals surface area contributed by atoms with E-state index in [1.165, 1.54) is 0 Å². The summed E-state index contributed by atoms with van der Waals surface area (Å²) in [6.07, 6.45) is -2.71. The second-order valence-corrected chi connectivity index (χ2v) is 4.31. The number of amides is 2. The molecule has 0 aliphatic carbocycles. The average molecular weight is 282 g/mol. The molecule has 19 heavy (non-hydrogen) atoms. The number of carboxylic acids is 1. The fourth-order valence-corrected chi connectivity index (χ4v) is 1.27. The van der Waals surface area contributed by atoms with Gasteiger partial charge in [0.15, 0.2) is 0 Å². The predicted octanol–water partition coefficient (Wildman–Crippen LogP) is 1.07. The zero-order valence-corrected chi connectivity index (χ0v) is 11.0. The highest BCUT2D eigenvalue weighted by molar-refractivity contribution is 5.75. The van der Waals surface area contributed by atoms with Gasteiger partial charge in [0.25, 0.3) is 6.43 Å². The number of carbonyl (C=O) groups excluding carboxylic acids is 1. The number of rotatable bonds is 9. The molecule has 6 nitrogen and oxygen atoms in total. The monoisotopic (exact) mass is 282 g/mol. The van der Waals surface area contributed by atoms with Crippen LogP contribution in [0.3, 0.4) is 0 Å². The lowest BCUT2D eigenvalue weighted by atomic mass is 10.0. The van der Waals surface area contributed by atoms with E-state index < -0.39 is 31.1 Å². The molecule has 0 aliphatic heterocycles. The summed E-state index contributed by atoms with van der Waals surface area (Å²) in [5, 5.41) is 13.6. The molecule has 0 aliphatic rings. The van der Waals surface area contributed by atoms with Gasteiger partial charge in [-0.25, -0.2) is 13.6 Å². The van der Waals surface area contributed by atoms with Gasteiger partial charge < -0.3 is 20.5 Å². The first-order valence-corrected chi connectivity index (χ1v) is 5.95. The van der Waals surface area contributed by atoms with Crippen LogP contribution in [0.25, 0.3) is 0 Å². The molecule has 0 saturated carbocycles. The van der Waals surface area contributed by atoms with Gasteiger partial charge in [-0.15, -0.1) is 0 Å². The molecule has 2 amide bonds. The number of hydrogen-bond acceptors (Lipinski definition) is 3. The second-order valence-electron chi connectivity index (χ2n) is 4.31. The Kier molecular flexibility index (Phi) is 8.77. The van der Waals surface area contributed by atoms with Crippen molar-refractivity contribution in [3.63, 3.8) is 0 Å². The zero-order valence-electron chi connectivity index (χ0n) is 11.0. The minimum atomic E-state index is -2.53. The van der Waals surface area contributed by atoms with E-state index >= 15 is 0 Å². The van der Waals surface area contributed by atoms with E-state index in [4.69, 9.17) is 5.11 Å². The van der Waals surface area contributed by atoms with Gasteiger partial charge >= 0.3 is 12.0 Å². The van der Waals surface area contributed by atoms with E-state index in [0.29, 0.717) is 0 Å². The molecule has 3 N–H and O–H groups in total. The molecule has 0 saturated heterocycles. The Balaban J connectivity index is 3.84. The Labute approximate surface area is 110 Å². The van der Waals surface area contributed by atoms with Crippen molar-refractivity contribution in [3.8, 4) is 0 Å². The maximum atomic E-state index is 11.7. The number of nitrogens with one attached hydrogen (secondary N) is 2. The topological polar surface area (TPSA) is 87.7 Å². The lowest BCUT2D eigenvalue weighted by molar-refractivity contribution is -0.137. The third kappa shape index (κ3) is 10.2. The van der Waals surface area contributed by atoms with Crippen LogP contribution in [0, 0.1) is 5.92 Å². The molecule has 0 radical (unpaired) electrons. The molecule has 0 rings (SSSR count). The largest absolute Gasteiger partial charge is 0.481 e. The van der Waals surface area contributed by atoms with E-state index in [-0.39, 0.29) is 25.5 Å². The minimum Gasteiger partial charge on any atom is -0.481 e. The van der Waals surface area contributed by atoms with Crippen molar-refractivity contribution in [1.29, 1.82) is 0 Å². The summed E-state index contributed by atoms with van der Waals surface area (Å²) in [4.78, 5) is 22.0. The van der Waals surface area contributed by atoms with Crippen LogP contribution in [0.2, 0.25) is 0 Å². The van der Waals surface area contributed by atoms with Crippen LogP contribution in [0.4, 0.5) is 13.6 Å². The van der Waals surface area contributed by atoms with Crippen molar-refractivity contribution in [2.45, 2.75) is 32.7 Å². The molecule has 0 aromatic carbocycles. The summed E-state index contributed by atoms with van der Waals surface area (Å²) < 4.78 is 28.0. The number of hydrogen-bond donors (Lipinski definition) is 3. The Morgan fingerprint density at radius 1 is 1.32 bits per heavy atom. The number of aliphatic carboxylic acids is 1. The summed E-state index contributed by atoms with van der Waals surface area (Å²) in [5.41, 5.74) is 0. The zero-order chi connectivity index (χ0) is 14.8. The minimum absolute atomic E-state index is 0.0248. The van der Waals surface area contributed by atoms with Crippen molar-refractivity contribution in [1.82, 2.24) is 10.6 Å². The molecule has 0 aromatic heterocycles. The molecule has 8 heteroatoms. The predicted molar refractivity (Wildman–Crippen MR) is 64.2 cm³/mol. The fourth-order valence-electron chi connectivity index (χ4n) is 1.27. The molecule has 112 valence electrons. The van der Waals surface area contributed by atoms with Gasteiger partial charge in [0.1, 0.15) is 6.61 Å². The van der Waals surface area contributed by atoms with Gasteiger partial charge in [-0.05, 0) is 5.92 Å². The van der Waals surface area contributed by atoms with Crippen LogP contribution in [0.5, 0.6) is 0 Å². The number of alkyl halides is 2. The van der Waals surface area contributed by atoms with E-state index in [1.54, 1.807) is 13.8 Å². The van der Waals surface area contributed by atoms with Crippen LogP contribution >= 0.6 is 0 Å². The quantitative estimate of drug-likeness (QED) is 0.552. The lowest BCUT2D eigenvalue weighted by Gasteiger charge is -2.20. The number of carboxylic acid groups (broad SMARTS) is 1. The number of ether oxygens (including phenoxy) is 1. The number of carbonyl (C=O) groups is 2. The van der Waals surface area contributed by atoms with E-state index in [2.05, 4.69) is 15.4 Å². The Hall–Kier alpha value is -1.44. The first-order valence-electron chi connectivity index (χ1n) is 5.95. The van der Waals surface area contributed by atoms with Crippen molar-refractivity contribution in [3.05, 3.63) is 0 Å². The molecule has 1 atom stereocenters. The Morgan fingerprint density at radius 3 is 2.42 bits per heavy atom. The van der Waals surface area contributed by atoms with Crippen LogP contribution < -0.4 is 10.6 Å². The third-order valence-electron chi connectivity index (χ3n) is 2.29. The summed E-state index contributed by atoms with van der Waals surface area (Å²) in [6, 6.07) is -1.03. The van der Waals surface area contributed by atoms with Gasteiger partial charge in [-0.3, -0.25) is 4.79 Å². The summed E-state index contributed by atoms with van der Waals surface area (Å²) in [6.45, 7) is 2.97. The van der Waals surface area contributed by atoms with Gasteiger partial charge in [0.05, 0.1) is 13.0 Å². The highest BCUT2D eigenvalue weighted by Gasteiger charge is 2.19. The molecule has 0 spiro atoms. The molecule has 1 unspecified atom stereocenters. The van der Waals surface area contributed by atoms with Crippen molar-refractivity contribution in [2.75, 3.05) is 19.8 Å². The SMILES string of the molecule is CC(C)C(CC(=O)O)NC(=O)NCCOCC(F)F. The second kappa shape index (κ2) is 9.48. The summed E-state index contributed by atoms with van der Waals surface area (Å²) in [7, 11) is 0. The highest BCUT2D eigenvalue weighted by Crippen LogP contribution is 2.05. The maximum Gasteiger partial charge on any atom is 0.315 e. The van der Waals surface area contributed by atoms with Gasteiger partial charge in [0.2, 0.25) is 0 Å². The summed E-state index contributed by atoms with van der Waals surface area (Å²) >= 11 is 0. The van der Waals surface area contributed by atoms with Crippen LogP contribution in [0.15, 0.2) is 0 Å². The van der Waals surface area contributed by atoms with Gasteiger partial charge in [0, 0.05) is 12.6 Å². The van der Waals surface area contributed by atoms with E-state index in [0.717, 1.165) is 0 Å². The first-order chi connectivity index (χ1) is 8.82. The molecular weight excluding hydrogens is 262 g/mol. The average Bonchev–Trinajstić information content (AvgIpc) is 2.26. The summed E-state index contributed by atoms with van der Waals surface area (Å²) in [5.74, 6) is -1.03. The highest BCUT2D eigenvalue weighted by atomic mass is 19.3. The van der Waals surface area contributed by atoms with Crippen molar-refractivity contribution < 1.29 is 28.2 Å². The number of halogens is 2. The molecular formula is C11H20F2N2O4. The smallest absolute Gasteiger partial charge is 0.315 e. The standard InChI is InChI=1S/C11H20F2N2O4/c1-7(2)8(5-10(16)17)15-11(18)14-3-4-19-6-9(12)13/h7-9H,3-6H2,1-2H3,(H,16,17)(H2,14,15,18). The molecule has 0 heterocycles. The van der Waals surface area contributed by atoms with Crippen LogP contribution in [-0.2, 0) is 9.53 Å². The van der Waals surface area contributed by atoms with Gasteiger partial charge in [-0.1, -0.05) is 13.8 Å². The number of urea groups is 1. The Morgan fingerprint density at radius 2 is 1.95 bits per heavy atom. The Bertz CT molecular complexity index is 288. The maximum absolute atomic E-state index is 11.7. The van der Waals surface area contributed by atoms with Crippen molar-refractivity contribution in [2.24, 2.45) is 5.92 Å². The van der Waals surface area contributed by atoms with E-state index in [1.807, 2.05) is 0 Å². The fraction of sp³-hybridized carbons (Fsp3) is 0.818. The molecule has 0 fully saturated rings. The molecule has 0 bridgehead atoms. The third-order valence-corrected chi connectivity index (χ3v) is 2.29. The normalized spacial score (nSPS) is 12.5.